The molecule has 148 valence electrons. The number of rotatable bonds is 6. The topological polar surface area (TPSA) is 143 Å². The molecule has 1 unspecified atom stereocenters. The maximum atomic E-state index is 11.2. The first-order valence-corrected chi connectivity index (χ1v) is 8.81. The summed E-state index contributed by atoms with van der Waals surface area (Å²) in [5.41, 5.74) is 0.679. The van der Waals surface area contributed by atoms with Crippen LogP contribution >= 0.6 is 0 Å². The lowest BCUT2D eigenvalue weighted by Crippen LogP contribution is -2.99. The molecule has 0 radical (unpaired) electrons. The molecule has 3 heterocycles. The zero-order valence-corrected chi connectivity index (χ0v) is 14.9. The quantitative estimate of drug-likeness (QED) is 0.445. The third-order valence-corrected chi connectivity index (χ3v) is 4.71. The van der Waals surface area contributed by atoms with Gasteiger partial charge in [-0.2, -0.15) is 10.2 Å². The van der Waals surface area contributed by atoms with E-state index in [0.717, 1.165) is 0 Å². The third-order valence-electron chi connectivity index (χ3n) is 4.71. The molecule has 1 aliphatic rings. The highest BCUT2D eigenvalue weighted by Gasteiger charge is 2.36. The summed E-state index contributed by atoms with van der Waals surface area (Å²) in [6, 6.07) is 9.50. The molecule has 4 N–H and O–H groups in total. The average molecular weight is 388 g/mol. The number of furan rings is 1. The molecule has 0 spiro atoms. The Labute approximate surface area is 159 Å². The fourth-order valence-corrected chi connectivity index (χ4v) is 3.38. The fourth-order valence-electron chi connectivity index (χ4n) is 3.38. The zero-order chi connectivity index (χ0) is 19.7. The average Bonchev–Trinajstić information content (AvgIpc) is 3.42. The molecule has 1 saturated heterocycles. The predicted molar refractivity (Wildman–Crippen MR) is 93.9 cm³/mol. The lowest BCUT2D eigenvalue weighted by molar-refractivity contribution is -0.991. The van der Waals surface area contributed by atoms with Crippen LogP contribution in [0.3, 0.4) is 0 Å². The number of aromatic nitrogens is 2. The minimum atomic E-state index is -1.03. The molecule has 10 heteroatoms. The minimum absolute atomic E-state index is 0.138. The molecule has 0 saturated carbocycles. The van der Waals surface area contributed by atoms with Crippen molar-refractivity contribution in [1.82, 2.24) is 15.0 Å². The van der Waals surface area contributed by atoms with Crippen LogP contribution in [0, 0.1) is 5.21 Å². The summed E-state index contributed by atoms with van der Waals surface area (Å²) in [4.78, 5) is 6.38. The minimum Gasteiger partial charge on any atom is -0.595 e. The number of quaternary nitrogens is 1. The van der Waals surface area contributed by atoms with Gasteiger partial charge in [0, 0.05) is 24.2 Å². The van der Waals surface area contributed by atoms with E-state index in [1.165, 1.54) is 12.1 Å². The van der Waals surface area contributed by atoms with Gasteiger partial charge in [0.25, 0.3) is 0 Å². The molecule has 2 aromatic heterocycles. The van der Waals surface area contributed by atoms with Gasteiger partial charge in [-0.3, -0.25) is 4.90 Å². The molecule has 3 atom stereocenters. The molecular formula is C18H20N4O6. The largest absolute Gasteiger partial charge is 0.595 e. The van der Waals surface area contributed by atoms with Gasteiger partial charge in [0.1, 0.15) is 18.1 Å². The number of nitrogens with zero attached hydrogens (tertiary/aromatic N) is 3. The summed E-state index contributed by atoms with van der Waals surface area (Å²) >= 11 is 0. The van der Waals surface area contributed by atoms with Crippen LogP contribution in [0.1, 0.15) is 29.9 Å². The molecule has 1 aromatic carbocycles. The second kappa shape index (κ2) is 7.80. The van der Waals surface area contributed by atoms with E-state index >= 15 is 0 Å². The summed E-state index contributed by atoms with van der Waals surface area (Å²) in [5, 5.41) is 42.5. The summed E-state index contributed by atoms with van der Waals surface area (Å²) in [7, 11) is 0. The molecule has 3 aromatic rings. The van der Waals surface area contributed by atoms with Gasteiger partial charge in [-0.05, 0) is 18.6 Å². The molecule has 0 bridgehead atoms. The van der Waals surface area contributed by atoms with Crippen molar-refractivity contribution in [3.63, 3.8) is 0 Å². The predicted octanol–water partition coefficient (Wildman–Crippen LogP) is 0.533. The highest BCUT2D eigenvalue weighted by Crippen LogP contribution is 2.34. The van der Waals surface area contributed by atoms with Crippen LogP contribution in [-0.2, 0) is 13.2 Å². The second-order valence-corrected chi connectivity index (χ2v) is 6.70. The van der Waals surface area contributed by atoms with E-state index in [9.17, 15) is 10.3 Å². The van der Waals surface area contributed by atoms with Crippen molar-refractivity contribution < 1.29 is 29.6 Å². The van der Waals surface area contributed by atoms with E-state index < -0.39 is 11.3 Å². The van der Waals surface area contributed by atoms with E-state index in [-0.39, 0.29) is 18.3 Å². The molecule has 1 fully saturated rings. The smallest absolute Gasteiger partial charge is 0.244 e. The van der Waals surface area contributed by atoms with Crippen molar-refractivity contribution in [2.75, 3.05) is 6.54 Å². The van der Waals surface area contributed by atoms with Crippen LogP contribution in [-0.4, -0.2) is 43.1 Å². The van der Waals surface area contributed by atoms with Gasteiger partial charge in [0.05, 0.1) is 18.7 Å². The van der Waals surface area contributed by atoms with Gasteiger partial charge in [-0.1, -0.05) is 17.3 Å². The highest BCUT2D eigenvalue weighted by atomic mass is 16.8. The van der Waals surface area contributed by atoms with Gasteiger partial charge in [-0.25, -0.2) is 5.21 Å². The van der Waals surface area contributed by atoms with Crippen molar-refractivity contribution in [2.24, 2.45) is 0 Å². The Morgan fingerprint density at radius 2 is 2.07 bits per heavy atom. The Balaban J connectivity index is 1.55. The first kappa shape index (κ1) is 18.7. The van der Waals surface area contributed by atoms with Crippen molar-refractivity contribution in [3.8, 4) is 11.4 Å². The normalized spacial score (nSPS) is 21.3. The molecular weight excluding hydrogens is 368 g/mol. The van der Waals surface area contributed by atoms with Crippen molar-refractivity contribution >= 4 is 5.69 Å². The molecule has 0 amide bonds. The number of hydrogen-bond donors (Lipinski definition) is 4. The Bertz CT molecular complexity index is 940. The standard InChI is InChI=1S/C18H20N4O6/c23-10-15-5-4-14(27-15)9-21-8-13(24)7-16(21)18-19-17(20-28-18)11-2-1-3-12(6-11)22(25)26/h1-6,13,16,22-25H,7-10H2/t13-,16+/m1/s1. The fraction of sp³-hybridized carbons (Fsp3) is 0.333. The molecule has 4 rings (SSSR count). The maximum Gasteiger partial charge on any atom is 0.244 e. The van der Waals surface area contributed by atoms with Crippen LogP contribution in [0.2, 0.25) is 0 Å². The third kappa shape index (κ3) is 3.83. The number of nitrogens with one attached hydrogen (secondary N) is 1. The van der Waals surface area contributed by atoms with Gasteiger partial charge in [0.2, 0.25) is 11.7 Å². The van der Waals surface area contributed by atoms with Gasteiger partial charge < -0.3 is 24.4 Å². The molecule has 0 aliphatic carbocycles. The van der Waals surface area contributed by atoms with Gasteiger partial charge >= 0.3 is 0 Å². The van der Waals surface area contributed by atoms with Gasteiger partial charge in [-0.15, -0.1) is 0 Å². The number of benzene rings is 1. The Morgan fingerprint density at radius 3 is 2.82 bits per heavy atom. The maximum absolute atomic E-state index is 11.2. The lowest BCUT2D eigenvalue weighted by atomic mass is 10.2. The summed E-state index contributed by atoms with van der Waals surface area (Å²) in [6.07, 6.45) is -0.104. The lowest BCUT2D eigenvalue weighted by Gasteiger charge is -2.19. The Morgan fingerprint density at radius 1 is 1.25 bits per heavy atom. The number of hydrogen-bond acceptors (Lipinski definition) is 9. The number of β-amino-alcohol motifs (C(OH)–C–C–N with tert-alkyl or cyclic N) is 1. The molecule has 1 aliphatic heterocycles. The van der Waals surface area contributed by atoms with E-state index in [4.69, 9.17) is 19.3 Å². The molecule has 28 heavy (non-hydrogen) atoms. The van der Waals surface area contributed by atoms with Crippen molar-refractivity contribution in [1.29, 1.82) is 0 Å². The van der Waals surface area contributed by atoms with Crippen molar-refractivity contribution in [2.45, 2.75) is 31.7 Å². The Hall–Kier alpha value is -2.60. The zero-order valence-electron chi connectivity index (χ0n) is 14.9. The first-order chi connectivity index (χ1) is 13.5. The number of aliphatic hydroxyl groups is 2. The summed E-state index contributed by atoms with van der Waals surface area (Å²) in [6.45, 7) is 0.675. The van der Waals surface area contributed by atoms with Crippen LogP contribution in [0.15, 0.2) is 45.3 Å². The van der Waals surface area contributed by atoms with Crippen LogP contribution < -0.4 is 5.23 Å². The van der Waals surface area contributed by atoms with E-state index in [0.29, 0.717) is 48.3 Å². The monoisotopic (exact) mass is 388 g/mol. The summed E-state index contributed by atoms with van der Waals surface area (Å²) in [5.74, 6) is 1.78. The first-order valence-electron chi connectivity index (χ1n) is 8.81. The van der Waals surface area contributed by atoms with E-state index in [2.05, 4.69) is 10.1 Å². The van der Waals surface area contributed by atoms with Gasteiger partial charge in [0.15, 0.2) is 5.69 Å². The number of likely N-dealkylation sites (tertiary alicyclic amines) is 1. The SMILES string of the molecule is [O-][NH+](O)c1cccc(-c2noc([C@@H]3C[C@@H](O)CN3Cc3ccc(CO)o3)n2)c1. The molecule has 10 nitrogen and oxygen atoms in total. The summed E-state index contributed by atoms with van der Waals surface area (Å²) < 4.78 is 10.9. The van der Waals surface area contributed by atoms with Crippen LogP contribution in [0.5, 0.6) is 0 Å². The number of aliphatic hydroxyl groups excluding tert-OH is 2. The van der Waals surface area contributed by atoms with E-state index in [1.807, 2.05) is 4.90 Å². The van der Waals surface area contributed by atoms with Crippen molar-refractivity contribution in [3.05, 3.63) is 59.0 Å². The Kier molecular flexibility index (Phi) is 5.22. The van der Waals surface area contributed by atoms with Crippen LogP contribution in [0.4, 0.5) is 5.69 Å². The highest BCUT2D eigenvalue weighted by molar-refractivity contribution is 5.58. The second-order valence-electron chi connectivity index (χ2n) is 6.70. The van der Waals surface area contributed by atoms with E-state index in [1.54, 1.807) is 24.3 Å². The van der Waals surface area contributed by atoms with Crippen LogP contribution in [0.25, 0.3) is 11.4 Å².